The molecule has 0 spiro atoms. The van der Waals surface area contributed by atoms with Crippen LogP contribution >= 0.6 is 0 Å². The largest absolute Gasteiger partial charge is 0.366 e. The Kier molecular flexibility index (Phi) is 5.70. The molecule has 1 heterocycles. The van der Waals surface area contributed by atoms with Crippen molar-refractivity contribution in [3.8, 4) is 0 Å². The van der Waals surface area contributed by atoms with Gasteiger partial charge in [-0.05, 0) is 23.3 Å². The first-order valence-electron chi connectivity index (χ1n) is 8.43. The molecule has 1 aliphatic heterocycles. The highest BCUT2D eigenvalue weighted by Crippen LogP contribution is 2.24. The maximum atomic E-state index is 12.6. The Morgan fingerprint density at radius 3 is 2.54 bits per heavy atom. The topological polar surface area (TPSA) is 84.5 Å². The Balaban J connectivity index is 1.93. The van der Waals surface area contributed by atoms with Crippen molar-refractivity contribution in [3.05, 3.63) is 65.7 Å². The van der Waals surface area contributed by atoms with E-state index in [4.69, 9.17) is 4.74 Å². The molecule has 1 aliphatic rings. The molecule has 1 amide bonds. The summed E-state index contributed by atoms with van der Waals surface area (Å²) < 4.78 is 29.3. The molecule has 6 nitrogen and oxygen atoms in total. The Morgan fingerprint density at radius 2 is 1.88 bits per heavy atom. The normalized spacial score (nSPS) is 18.9. The number of hydrogen-bond donors (Lipinski definition) is 2. The van der Waals surface area contributed by atoms with Crippen molar-refractivity contribution in [2.24, 2.45) is 0 Å². The van der Waals surface area contributed by atoms with Gasteiger partial charge in [0.15, 0.2) is 9.84 Å². The van der Waals surface area contributed by atoms with E-state index in [1.165, 1.54) is 6.26 Å². The average Bonchev–Trinajstić information content (AvgIpc) is 2.67. The minimum atomic E-state index is -3.34. The summed E-state index contributed by atoms with van der Waals surface area (Å²) in [5, 5.41) is 6.13. The minimum Gasteiger partial charge on any atom is -0.366 e. The van der Waals surface area contributed by atoms with Crippen molar-refractivity contribution in [1.29, 1.82) is 0 Å². The van der Waals surface area contributed by atoms with Crippen LogP contribution in [0.15, 0.2) is 59.5 Å². The third-order valence-corrected chi connectivity index (χ3v) is 5.37. The van der Waals surface area contributed by atoms with E-state index in [9.17, 15) is 13.2 Å². The summed E-state index contributed by atoms with van der Waals surface area (Å²) in [5.74, 6) is -0.226. The third kappa shape index (κ3) is 4.49. The second kappa shape index (κ2) is 7.99. The summed E-state index contributed by atoms with van der Waals surface area (Å²) >= 11 is 0. The first-order valence-corrected chi connectivity index (χ1v) is 10.3. The van der Waals surface area contributed by atoms with Crippen LogP contribution < -0.4 is 10.6 Å². The third-order valence-electron chi connectivity index (χ3n) is 4.26. The van der Waals surface area contributed by atoms with Gasteiger partial charge in [-0.2, -0.15) is 0 Å². The van der Waals surface area contributed by atoms with Gasteiger partial charge in [-0.25, -0.2) is 8.42 Å². The fourth-order valence-corrected chi connectivity index (χ4v) is 3.57. The SMILES string of the molecule is CS(=O)(=O)c1cccc(C(NC(=O)C2CNCCO2)c2ccccc2)c1. The van der Waals surface area contributed by atoms with E-state index in [2.05, 4.69) is 10.6 Å². The summed E-state index contributed by atoms with van der Waals surface area (Å²) in [7, 11) is -3.34. The van der Waals surface area contributed by atoms with Crippen LogP contribution in [-0.4, -0.2) is 46.4 Å². The highest BCUT2D eigenvalue weighted by atomic mass is 32.2. The van der Waals surface area contributed by atoms with Crippen molar-refractivity contribution < 1.29 is 17.9 Å². The number of benzene rings is 2. The summed E-state index contributed by atoms with van der Waals surface area (Å²) in [5.41, 5.74) is 1.58. The summed E-state index contributed by atoms with van der Waals surface area (Å²) in [6.07, 6.45) is 0.608. The fraction of sp³-hybridized carbons (Fsp3) is 0.316. The van der Waals surface area contributed by atoms with Crippen LogP contribution in [0.4, 0.5) is 0 Å². The number of sulfone groups is 1. The standard InChI is InChI=1S/C19H22N2O4S/c1-26(23,24)16-9-5-8-15(12-16)18(14-6-3-2-4-7-14)21-19(22)17-13-20-10-11-25-17/h2-9,12,17-18,20H,10-11,13H2,1H3,(H,21,22). The number of carbonyl (C=O) groups excluding carboxylic acids is 1. The van der Waals surface area contributed by atoms with Gasteiger partial charge in [0, 0.05) is 19.3 Å². The molecule has 2 aromatic carbocycles. The van der Waals surface area contributed by atoms with Crippen LogP contribution in [0.2, 0.25) is 0 Å². The zero-order chi connectivity index (χ0) is 18.6. The van der Waals surface area contributed by atoms with E-state index in [1.54, 1.807) is 18.2 Å². The van der Waals surface area contributed by atoms with E-state index in [-0.39, 0.29) is 10.8 Å². The average molecular weight is 374 g/mol. The Labute approximate surface area is 153 Å². The molecule has 0 saturated carbocycles. The van der Waals surface area contributed by atoms with Crippen LogP contribution in [0.25, 0.3) is 0 Å². The van der Waals surface area contributed by atoms with Crippen molar-refractivity contribution in [1.82, 2.24) is 10.6 Å². The number of ether oxygens (including phenoxy) is 1. The number of rotatable bonds is 5. The zero-order valence-electron chi connectivity index (χ0n) is 14.5. The second-order valence-electron chi connectivity index (χ2n) is 6.26. The minimum absolute atomic E-state index is 0.223. The van der Waals surface area contributed by atoms with E-state index in [0.717, 1.165) is 12.1 Å². The molecule has 1 fully saturated rings. The Morgan fingerprint density at radius 1 is 1.15 bits per heavy atom. The number of morpholine rings is 1. The van der Waals surface area contributed by atoms with E-state index < -0.39 is 22.0 Å². The molecule has 138 valence electrons. The molecule has 0 aliphatic carbocycles. The van der Waals surface area contributed by atoms with Gasteiger partial charge in [0.2, 0.25) is 0 Å². The number of nitrogens with one attached hydrogen (secondary N) is 2. The van der Waals surface area contributed by atoms with Crippen molar-refractivity contribution in [2.45, 2.75) is 17.0 Å². The quantitative estimate of drug-likeness (QED) is 0.824. The molecule has 1 saturated heterocycles. The molecule has 3 rings (SSSR count). The van der Waals surface area contributed by atoms with Crippen LogP contribution in [0.3, 0.4) is 0 Å². The number of hydrogen-bond acceptors (Lipinski definition) is 5. The van der Waals surface area contributed by atoms with E-state index >= 15 is 0 Å². The van der Waals surface area contributed by atoms with Crippen LogP contribution in [0.1, 0.15) is 17.2 Å². The van der Waals surface area contributed by atoms with Crippen LogP contribution in [0.5, 0.6) is 0 Å². The fourth-order valence-electron chi connectivity index (χ4n) is 2.90. The highest BCUT2D eigenvalue weighted by molar-refractivity contribution is 7.90. The van der Waals surface area contributed by atoms with E-state index in [1.807, 2.05) is 36.4 Å². The van der Waals surface area contributed by atoms with Crippen LogP contribution in [0, 0.1) is 0 Å². The zero-order valence-corrected chi connectivity index (χ0v) is 15.3. The van der Waals surface area contributed by atoms with Gasteiger partial charge in [-0.15, -0.1) is 0 Å². The lowest BCUT2D eigenvalue weighted by Crippen LogP contribution is -2.48. The van der Waals surface area contributed by atoms with Gasteiger partial charge in [-0.3, -0.25) is 4.79 Å². The molecule has 2 atom stereocenters. The molecule has 0 aromatic heterocycles. The van der Waals surface area contributed by atoms with Gasteiger partial charge >= 0.3 is 0 Å². The number of carbonyl (C=O) groups is 1. The molecular weight excluding hydrogens is 352 g/mol. The predicted molar refractivity (Wildman–Crippen MR) is 98.6 cm³/mol. The molecule has 0 bridgehead atoms. The maximum Gasteiger partial charge on any atom is 0.251 e. The van der Waals surface area contributed by atoms with Crippen LogP contribution in [-0.2, 0) is 19.4 Å². The van der Waals surface area contributed by atoms with Gasteiger partial charge in [0.05, 0.1) is 17.5 Å². The second-order valence-corrected chi connectivity index (χ2v) is 8.28. The molecule has 26 heavy (non-hydrogen) atoms. The highest BCUT2D eigenvalue weighted by Gasteiger charge is 2.26. The molecule has 2 unspecified atom stereocenters. The molecule has 0 radical (unpaired) electrons. The summed E-state index contributed by atoms with van der Waals surface area (Å²) in [4.78, 5) is 12.9. The molecule has 2 N–H and O–H groups in total. The molecular formula is C19H22N2O4S. The van der Waals surface area contributed by atoms with Crippen molar-refractivity contribution >= 4 is 15.7 Å². The first kappa shape index (κ1) is 18.6. The lowest BCUT2D eigenvalue weighted by atomic mass is 9.98. The van der Waals surface area contributed by atoms with Gasteiger partial charge in [0.1, 0.15) is 6.10 Å². The lowest BCUT2D eigenvalue weighted by Gasteiger charge is -2.26. The molecule has 7 heteroatoms. The Bertz CT molecular complexity index is 862. The van der Waals surface area contributed by atoms with E-state index in [0.29, 0.717) is 18.7 Å². The smallest absolute Gasteiger partial charge is 0.251 e. The monoisotopic (exact) mass is 374 g/mol. The Hall–Kier alpha value is -2.22. The first-order chi connectivity index (χ1) is 12.4. The predicted octanol–water partition coefficient (Wildman–Crippen LogP) is 1.28. The number of amides is 1. The summed E-state index contributed by atoms with van der Waals surface area (Å²) in [6, 6.07) is 15.7. The molecule has 2 aromatic rings. The van der Waals surface area contributed by atoms with Gasteiger partial charge in [0.25, 0.3) is 5.91 Å². The summed E-state index contributed by atoms with van der Waals surface area (Å²) in [6.45, 7) is 1.66. The lowest BCUT2D eigenvalue weighted by molar-refractivity contribution is -0.134. The van der Waals surface area contributed by atoms with Gasteiger partial charge < -0.3 is 15.4 Å². The van der Waals surface area contributed by atoms with Gasteiger partial charge in [-0.1, -0.05) is 42.5 Å². The van der Waals surface area contributed by atoms with Crippen molar-refractivity contribution in [2.75, 3.05) is 26.0 Å². The van der Waals surface area contributed by atoms with Crippen molar-refractivity contribution in [3.63, 3.8) is 0 Å². The maximum absolute atomic E-state index is 12.6.